The van der Waals surface area contributed by atoms with Crippen molar-refractivity contribution in [3.8, 4) is 0 Å². The van der Waals surface area contributed by atoms with Crippen molar-refractivity contribution in [3.05, 3.63) is 17.5 Å². The lowest BCUT2D eigenvalue weighted by Gasteiger charge is -2.29. The molecule has 3 unspecified atom stereocenters. The zero-order valence-electron chi connectivity index (χ0n) is 12.2. The molecule has 2 N–H and O–H groups in total. The third kappa shape index (κ3) is 2.56. The molecule has 4 heteroatoms. The van der Waals surface area contributed by atoms with Crippen LogP contribution in [-0.2, 0) is 13.1 Å². The largest absolute Gasteiger partial charge is 0.327 e. The predicted octanol–water partition coefficient (Wildman–Crippen LogP) is 1.77. The summed E-state index contributed by atoms with van der Waals surface area (Å²) >= 11 is 0. The van der Waals surface area contributed by atoms with Crippen molar-refractivity contribution >= 4 is 0 Å². The van der Waals surface area contributed by atoms with Gasteiger partial charge in [0.25, 0.3) is 0 Å². The van der Waals surface area contributed by atoms with Gasteiger partial charge in [0.15, 0.2) is 0 Å². The highest BCUT2D eigenvalue weighted by atomic mass is 15.3. The summed E-state index contributed by atoms with van der Waals surface area (Å²) in [7, 11) is 0. The highest BCUT2D eigenvalue weighted by Gasteiger charge is 2.38. The summed E-state index contributed by atoms with van der Waals surface area (Å²) < 4.78 is 2.14. The smallest absolute Gasteiger partial charge is 0.0597 e. The quantitative estimate of drug-likeness (QED) is 0.903. The van der Waals surface area contributed by atoms with Crippen LogP contribution in [0.3, 0.4) is 0 Å². The number of nitrogens with zero attached hydrogens (tertiary/aromatic N) is 3. The maximum atomic E-state index is 6.29. The number of fused-ring (bicyclic) bond motifs is 1. The second-order valence-electron chi connectivity index (χ2n) is 6.31. The lowest BCUT2D eigenvalue weighted by molar-refractivity contribution is 0.259. The van der Waals surface area contributed by atoms with E-state index in [1.165, 1.54) is 38.0 Å². The Kier molecular flexibility index (Phi) is 3.63. The van der Waals surface area contributed by atoms with E-state index in [0.717, 1.165) is 30.6 Å². The maximum Gasteiger partial charge on any atom is 0.0597 e. The summed E-state index contributed by atoms with van der Waals surface area (Å²) in [5.74, 6) is 1.57. The molecule has 1 saturated carbocycles. The first-order valence-corrected chi connectivity index (χ1v) is 7.68. The fourth-order valence-electron chi connectivity index (χ4n) is 3.97. The minimum atomic E-state index is 0.432. The lowest BCUT2D eigenvalue weighted by atomic mass is 9.78. The van der Waals surface area contributed by atoms with Crippen molar-refractivity contribution in [2.45, 2.75) is 52.2 Å². The summed E-state index contributed by atoms with van der Waals surface area (Å²) in [4.78, 5) is 2.59. The van der Waals surface area contributed by atoms with E-state index in [9.17, 15) is 0 Å². The van der Waals surface area contributed by atoms with E-state index >= 15 is 0 Å². The summed E-state index contributed by atoms with van der Waals surface area (Å²) in [5.41, 5.74) is 8.78. The van der Waals surface area contributed by atoms with Crippen LogP contribution < -0.4 is 5.73 Å². The van der Waals surface area contributed by atoms with Gasteiger partial charge in [0.1, 0.15) is 0 Å². The first-order valence-electron chi connectivity index (χ1n) is 7.68. The van der Waals surface area contributed by atoms with Crippen molar-refractivity contribution in [1.29, 1.82) is 0 Å². The van der Waals surface area contributed by atoms with Crippen LogP contribution in [0.2, 0.25) is 0 Å². The van der Waals surface area contributed by atoms with Gasteiger partial charge in [0, 0.05) is 32.2 Å². The number of hydrogen-bond acceptors (Lipinski definition) is 3. The second-order valence-corrected chi connectivity index (χ2v) is 6.31. The average Bonchev–Trinajstić information content (AvgIpc) is 2.94. The Bertz CT molecular complexity index is 439. The highest BCUT2D eigenvalue weighted by Crippen LogP contribution is 2.36. The maximum absolute atomic E-state index is 6.29. The van der Waals surface area contributed by atoms with Crippen molar-refractivity contribution in [2.75, 3.05) is 13.1 Å². The molecule has 19 heavy (non-hydrogen) atoms. The van der Waals surface area contributed by atoms with E-state index < -0.39 is 0 Å². The molecule has 3 rings (SSSR count). The Morgan fingerprint density at radius 3 is 2.95 bits per heavy atom. The second kappa shape index (κ2) is 5.25. The third-order valence-electron chi connectivity index (χ3n) is 4.90. The van der Waals surface area contributed by atoms with Crippen LogP contribution in [0, 0.1) is 18.8 Å². The first-order chi connectivity index (χ1) is 9.17. The minimum absolute atomic E-state index is 0.432. The molecular weight excluding hydrogens is 236 g/mol. The third-order valence-corrected chi connectivity index (χ3v) is 4.90. The lowest BCUT2D eigenvalue weighted by Crippen LogP contribution is -2.38. The van der Waals surface area contributed by atoms with Gasteiger partial charge in [0.05, 0.1) is 11.4 Å². The van der Waals surface area contributed by atoms with Crippen LogP contribution in [0.15, 0.2) is 6.07 Å². The average molecular weight is 262 g/mol. The fourth-order valence-corrected chi connectivity index (χ4v) is 3.97. The van der Waals surface area contributed by atoms with E-state index in [0.29, 0.717) is 6.04 Å². The Morgan fingerprint density at radius 2 is 2.21 bits per heavy atom. The Morgan fingerprint density at radius 1 is 1.37 bits per heavy atom. The molecule has 2 heterocycles. The Labute approximate surface area is 116 Å². The van der Waals surface area contributed by atoms with Crippen LogP contribution in [0.25, 0.3) is 0 Å². The number of aromatic nitrogens is 2. The van der Waals surface area contributed by atoms with Gasteiger partial charge in [-0.25, -0.2) is 0 Å². The molecule has 106 valence electrons. The molecule has 0 aromatic carbocycles. The SMILES string of the molecule is CCn1nc(C)cc1CN1CC2CCCC(N)C2C1. The minimum Gasteiger partial charge on any atom is -0.327 e. The van der Waals surface area contributed by atoms with Crippen LogP contribution in [0.5, 0.6) is 0 Å². The van der Waals surface area contributed by atoms with Gasteiger partial charge < -0.3 is 5.73 Å². The molecule has 0 bridgehead atoms. The van der Waals surface area contributed by atoms with Gasteiger partial charge >= 0.3 is 0 Å². The molecule has 0 radical (unpaired) electrons. The van der Waals surface area contributed by atoms with Crippen molar-refractivity contribution < 1.29 is 0 Å². The molecule has 4 nitrogen and oxygen atoms in total. The van der Waals surface area contributed by atoms with E-state index in [1.807, 2.05) is 0 Å². The molecule has 1 aliphatic carbocycles. The summed E-state index contributed by atoms with van der Waals surface area (Å²) in [6.07, 6.45) is 3.92. The van der Waals surface area contributed by atoms with E-state index in [1.54, 1.807) is 0 Å². The molecule has 2 fully saturated rings. The van der Waals surface area contributed by atoms with Gasteiger partial charge in [-0.2, -0.15) is 5.10 Å². The van der Waals surface area contributed by atoms with Crippen molar-refractivity contribution in [1.82, 2.24) is 14.7 Å². The zero-order valence-corrected chi connectivity index (χ0v) is 12.2. The van der Waals surface area contributed by atoms with Crippen LogP contribution in [-0.4, -0.2) is 33.8 Å². The van der Waals surface area contributed by atoms with E-state index in [-0.39, 0.29) is 0 Å². The summed E-state index contributed by atoms with van der Waals surface area (Å²) in [6.45, 7) is 8.65. The van der Waals surface area contributed by atoms with E-state index in [2.05, 4.69) is 34.6 Å². The summed E-state index contributed by atoms with van der Waals surface area (Å²) in [6, 6.07) is 2.66. The molecule has 1 aliphatic heterocycles. The monoisotopic (exact) mass is 262 g/mol. The van der Waals surface area contributed by atoms with Gasteiger partial charge in [-0.15, -0.1) is 0 Å². The number of nitrogens with two attached hydrogens (primary N) is 1. The number of rotatable bonds is 3. The molecule has 1 saturated heterocycles. The van der Waals surface area contributed by atoms with Gasteiger partial charge in [-0.1, -0.05) is 6.42 Å². The predicted molar refractivity (Wildman–Crippen MR) is 76.7 cm³/mol. The van der Waals surface area contributed by atoms with Crippen LogP contribution >= 0.6 is 0 Å². The fraction of sp³-hybridized carbons (Fsp3) is 0.800. The van der Waals surface area contributed by atoms with Gasteiger partial charge in [-0.3, -0.25) is 9.58 Å². The van der Waals surface area contributed by atoms with Crippen molar-refractivity contribution in [3.63, 3.8) is 0 Å². The van der Waals surface area contributed by atoms with E-state index in [4.69, 9.17) is 5.73 Å². The topological polar surface area (TPSA) is 47.1 Å². The van der Waals surface area contributed by atoms with Crippen molar-refractivity contribution in [2.24, 2.45) is 17.6 Å². The molecule has 0 spiro atoms. The van der Waals surface area contributed by atoms with Crippen LogP contribution in [0.1, 0.15) is 37.6 Å². The molecule has 1 aromatic rings. The Balaban J connectivity index is 1.68. The Hall–Kier alpha value is -0.870. The number of aryl methyl sites for hydroxylation is 2. The first kappa shape index (κ1) is 13.1. The number of likely N-dealkylation sites (tertiary alicyclic amines) is 1. The normalized spacial score (nSPS) is 31.6. The summed E-state index contributed by atoms with van der Waals surface area (Å²) in [5, 5.41) is 4.54. The van der Waals surface area contributed by atoms with Crippen LogP contribution in [0.4, 0.5) is 0 Å². The molecule has 3 atom stereocenters. The standard InChI is InChI=1S/C15H26N4/c1-3-19-13(7-11(2)17-19)9-18-8-12-5-4-6-15(16)14(12)10-18/h7,12,14-15H,3-6,8-10,16H2,1-2H3. The zero-order chi connectivity index (χ0) is 13.4. The van der Waals surface area contributed by atoms with Gasteiger partial charge in [-0.05, 0) is 44.6 Å². The molecule has 1 aromatic heterocycles. The molecule has 0 amide bonds. The van der Waals surface area contributed by atoms with Gasteiger partial charge in [0.2, 0.25) is 0 Å². The molecular formula is C15H26N4. The number of hydrogen-bond donors (Lipinski definition) is 1. The molecule has 2 aliphatic rings. The highest BCUT2D eigenvalue weighted by molar-refractivity contribution is 5.09.